The number of aryl methyl sites for hydroxylation is 2. The third-order valence-electron chi connectivity index (χ3n) is 5.52. The summed E-state index contributed by atoms with van der Waals surface area (Å²) in [6.45, 7) is 12.9. The zero-order valence-electron chi connectivity index (χ0n) is 19.3. The minimum Gasteiger partial charge on any atom is -0.444 e. The summed E-state index contributed by atoms with van der Waals surface area (Å²) in [5.74, 6) is 0.657. The Bertz CT molecular complexity index is 1180. The van der Waals surface area contributed by atoms with Crippen LogP contribution < -0.4 is 5.56 Å². The topological polar surface area (TPSA) is 78.5 Å². The number of rotatable bonds is 3. The average Bonchev–Trinajstić information content (AvgIpc) is 3.04. The van der Waals surface area contributed by atoms with E-state index in [0.29, 0.717) is 43.9 Å². The summed E-state index contributed by atoms with van der Waals surface area (Å²) in [5.41, 5.74) is 2.60. The van der Waals surface area contributed by atoms with Crippen LogP contribution in [0.5, 0.6) is 0 Å². The molecule has 1 amide bonds. The van der Waals surface area contributed by atoms with E-state index < -0.39 is 5.60 Å². The molecule has 1 aliphatic rings. The van der Waals surface area contributed by atoms with Crippen LogP contribution in [0.2, 0.25) is 0 Å². The minimum atomic E-state index is -0.497. The Morgan fingerprint density at radius 2 is 1.78 bits per heavy atom. The molecule has 2 aromatic heterocycles. The second-order valence-corrected chi connectivity index (χ2v) is 10.5. The number of ether oxygens (including phenoxy) is 1. The minimum absolute atomic E-state index is 0.0997. The Morgan fingerprint density at radius 3 is 2.41 bits per heavy atom. The van der Waals surface area contributed by atoms with Crippen molar-refractivity contribution in [2.45, 2.75) is 46.8 Å². The zero-order chi connectivity index (χ0) is 23.0. The van der Waals surface area contributed by atoms with Crippen LogP contribution in [0.1, 0.15) is 37.0 Å². The second kappa shape index (κ2) is 8.67. The van der Waals surface area contributed by atoms with Gasteiger partial charge in [-0.15, -0.1) is 11.3 Å². The van der Waals surface area contributed by atoms with Crippen molar-refractivity contribution in [3.63, 3.8) is 0 Å². The van der Waals surface area contributed by atoms with Crippen LogP contribution >= 0.6 is 11.3 Å². The monoisotopic (exact) mass is 454 g/mol. The number of aromatic amines is 1. The molecule has 1 fully saturated rings. The molecule has 8 heteroatoms. The van der Waals surface area contributed by atoms with Crippen LogP contribution in [0.3, 0.4) is 0 Å². The van der Waals surface area contributed by atoms with Gasteiger partial charge in [-0.05, 0) is 40.2 Å². The lowest BCUT2D eigenvalue weighted by atomic mass is 10.0. The number of hydrogen-bond acceptors (Lipinski definition) is 6. The predicted molar refractivity (Wildman–Crippen MR) is 128 cm³/mol. The first-order valence-corrected chi connectivity index (χ1v) is 11.7. The predicted octanol–water partition coefficient (Wildman–Crippen LogP) is 4.32. The van der Waals surface area contributed by atoms with Gasteiger partial charge in [0.25, 0.3) is 5.56 Å². The van der Waals surface area contributed by atoms with Crippen LogP contribution in [0.15, 0.2) is 29.1 Å². The fourth-order valence-electron chi connectivity index (χ4n) is 3.93. The highest BCUT2D eigenvalue weighted by molar-refractivity contribution is 7.19. The molecular formula is C24H30N4O3S. The largest absolute Gasteiger partial charge is 0.444 e. The highest BCUT2D eigenvalue weighted by atomic mass is 32.1. The summed E-state index contributed by atoms with van der Waals surface area (Å²) < 4.78 is 5.46. The molecule has 0 radical (unpaired) electrons. The number of carbonyl (C=O) groups excluding carboxylic acids is 1. The lowest BCUT2D eigenvalue weighted by molar-refractivity contribution is 0.0137. The number of nitrogens with zero attached hydrogens (tertiary/aromatic N) is 3. The van der Waals surface area contributed by atoms with Crippen LogP contribution in [-0.2, 0) is 11.3 Å². The van der Waals surface area contributed by atoms with E-state index in [0.717, 1.165) is 20.8 Å². The number of H-pyrrole nitrogens is 1. The molecule has 1 saturated heterocycles. The Labute approximate surface area is 192 Å². The number of carbonyl (C=O) groups is 1. The molecule has 0 spiro atoms. The van der Waals surface area contributed by atoms with E-state index >= 15 is 0 Å². The van der Waals surface area contributed by atoms with Crippen LogP contribution in [-0.4, -0.2) is 57.6 Å². The number of thiophene rings is 1. The quantitative estimate of drug-likeness (QED) is 0.638. The molecule has 0 atom stereocenters. The molecular weight excluding hydrogens is 424 g/mol. The van der Waals surface area contributed by atoms with Gasteiger partial charge in [0.05, 0.1) is 11.9 Å². The van der Waals surface area contributed by atoms with E-state index in [4.69, 9.17) is 9.72 Å². The summed E-state index contributed by atoms with van der Waals surface area (Å²) in [4.78, 5) is 38.8. The molecule has 1 N–H and O–H groups in total. The standard InChI is InChI=1S/C24H30N4O3S/c1-15-6-8-17(9-7-15)19-16(2)32-22-20(19)21(29)25-18(26-22)14-27-10-12-28(13-11-27)23(30)31-24(3,4)5/h6-9H,10-14H2,1-5H3,(H,25,26,29). The Hall–Kier alpha value is -2.71. The van der Waals surface area contributed by atoms with Gasteiger partial charge in [-0.2, -0.15) is 0 Å². The normalized spacial score (nSPS) is 15.3. The van der Waals surface area contributed by atoms with E-state index in [-0.39, 0.29) is 11.7 Å². The van der Waals surface area contributed by atoms with Gasteiger partial charge in [-0.1, -0.05) is 29.8 Å². The summed E-state index contributed by atoms with van der Waals surface area (Å²) in [6, 6.07) is 8.24. The van der Waals surface area contributed by atoms with Gasteiger partial charge in [0.15, 0.2) is 0 Å². The number of fused-ring (bicyclic) bond motifs is 1. The zero-order valence-corrected chi connectivity index (χ0v) is 20.1. The van der Waals surface area contributed by atoms with Gasteiger partial charge in [0.2, 0.25) is 0 Å². The van der Waals surface area contributed by atoms with Crippen molar-refractivity contribution in [3.05, 3.63) is 50.9 Å². The van der Waals surface area contributed by atoms with Crippen LogP contribution in [0.25, 0.3) is 21.3 Å². The summed E-state index contributed by atoms with van der Waals surface area (Å²) >= 11 is 1.56. The Balaban J connectivity index is 1.49. The lowest BCUT2D eigenvalue weighted by Crippen LogP contribution is -2.49. The van der Waals surface area contributed by atoms with Crippen molar-refractivity contribution in [2.24, 2.45) is 0 Å². The van der Waals surface area contributed by atoms with Crippen molar-refractivity contribution in [2.75, 3.05) is 26.2 Å². The molecule has 1 aliphatic heterocycles. The van der Waals surface area contributed by atoms with E-state index in [1.807, 2.05) is 27.7 Å². The van der Waals surface area contributed by atoms with Gasteiger partial charge in [0.1, 0.15) is 16.3 Å². The van der Waals surface area contributed by atoms with Gasteiger partial charge < -0.3 is 14.6 Å². The number of aromatic nitrogens is 2. The van der Waals surface area contributed by atoms with Gasteiger partial charge in [0, 0.05) is 36.6 Å². The summed E-state index contributed by atoms with van der Waals surface area (Å²) in [7, 11) is 0. The summed E-state index contributed by atoms with van der Waals surface area (Å²) in [5, 5.41) is 0.662. The molecule has 3 heterocycles. The first-order chi connectivity index (χ1) is 15.1. The molecule has 4 rings (SSSR count). The molecule has 170 valence electrons. The van der Waals surface area contributed by atoms with Gasteiger partial charge in [-0.25, -0.2) is 9.78 Å². The maximum atomic E-state index is 13.0. The van der Waals surface area contributed by atoms with E-state index in [9.17, 15) is 9.59 Å². The van der Waals surface area contributed by atoms with Crippen molar-refractivity contribution in [1.82, 2.24) is 19.8 Å². The van der Waals surface area contributed by atoms with E-state index in [1.54, 1.807) is 16.2 Å². The van der Waals surface area contributed by atoms with Gasteiger partial charge in [-0.3, -0.25) is 9.69 Å². The third-order valence-corrected chi connectivity index (χ3v) is 6.52. The van der Waals surface area contributed by atoms with Crippen molar-refractivity contribution >= 4 is 27.6 Å². The SMILES string of the molecule is Cc1ccc(-c2c(C)sc3nc(CN4CCN(C(=O)OC(C)(C)C)CC4)[nH]c(=O)c23)cc1. The molecule has 3 aromatic rings. The molecule has 0 saturated carbocycles. The van der Waals surface area contributed by atoms with Crippen molar-refractivity contribution < 1.29 is 9.53 Å². The highest BCUT2D eigenvalue weighted by Gasteiger charge is 2.26. The Morgan fingerprint density at radius 1 is 1.12 bits per heavy atom. The molecule has 0 bridgehead atoms. The fourth-order valence-corrected chi connectivity index (χ4v) is 5.00. The first kappa shape index (κ1) is 22.5. The molecule has 32 heavy (non-hydrogen) atoms. The van der Waals surface area contributed by atoms with Crippen molar-refractivity contribution in [1.29, 1.82) is 0 Å². The highest BCUT2D eigenvalue weighted by Crippen LogP contribution is 2.35. The maximum absolute atomic E-state index is 13.0. The number of piperazine rings is 1. The number of benzene rings is 1. The van der Waals surface area contributed by atoms with E-state index in [2.05, 4.69) is 41.1 Å². The Kier molecular flexibility index (Phi) is 6.09. The average molecular weight is 455 g/mol. The molecule has 1 aromatic carbocycles. The fraction of sp³-hybridized carbons (Fsp3) is 0.458. The molecule has 7 nitrogen and oxygen atoms in total. The first-order valence-electron chi connectivity index (χ1n) is 10.9. The van der Waals surface area contributed by atoms with Crippen LogP contribution in [0, 0.1) is 13.8 Å². The third kappa shape index (κ3) is 4.86. The molecule has 0 unspecified atom stereocenters. The summed E-state index contributed by atoms with van der Waals surface area (Å²) in [6.07, 6.45) is -0.275. The maximum Gasteiger partial charge on any atom is 0.410 e. The number of nitrogens with one attached hydrogen (secondary N) is 1. The number of amides is 1. The lowest BCUT2D eigenvalue weighted by Gasteiger charge is -2.35. The number of hydrogen-bond donors (Lipinski definition) is 1. The smallest absolute Gasteiger partial charge is 0.410 e. The van der Waals surface area contributed by atoms with E-state index in [1.165, 1.54) is 5.56 Å². The van der Waals surface area contributed by atoms with Gasteiger partial charge >= 0.3 is 6.09 Å². The molecule has 0 aliphatic carbocycles. The van der Waals surface area contributed by atoms with Crippen molar-refractivity contribution in [3.8, 4) is 11.1 Å². The second-order valence-electron chi connectivity index (χ2n) is 9.34. The van der Waals surface area contributed by atoms with Crippen LogP contribution in [0.4, 0.5) is 4.79 Å².